The van der Waals surface area contributed by atoms with Gasteiger partial charge < -0.3 is 19.5 Å². The molecule has 1 aliphatic heterocycles. The standard InChI is InChI=1S/C14H16F3NO4S/c15-14(16,17)22-11-3-1-2-10(8-11)13-18(12(20)9-23-13)4-6-21-7-5-19/h1-3,8,13,19H,4-7,9H2. The van der Waals surface area contributed by atoms with Gasteiger partial charge in [-0.1, -0.05) is 12.1 Å². The number of carbonyl (C=O) groups is 1. The molecule has 1 unspecified atom stereocenters. The van der Waals surface area contributed by atoms with E-state index in [0.717, 1.165) is 0 Å². The molecule has 23 heavy (non-hydrogen) atoms. The Kier molecular flexibility index (Phi) is 6.14. The number of carbonyl (C=O) groups excluding carboxylic acids is 1. The lowest BCUT2D eigenvalue weighted by Gasteiger charge is -2.24. The van der Waals surface area contributed by atoms with E-state index in [1.807, 2.05) is 0 Å². The molecule has 1 aliphatic rings. The van der Waals surface area contributed by atoms with Crippen LogP contribution >= 0.6 is 11.8 Å². The van der Waals surface area contributed by atoms with Crippen LogP contribution in [0.3, 0.4) is 0 Å². The number of aliphatic hydroxyl groups is 1. The second-order valence-corrected chi connectivity index (χ2v) is 5.78. The third-order valence-electron chi connectivity index (χ3n) is 3.06. The first-order chi connectivity index (χ1) is 10.9. The van der Waals surface area contributed by atoms with Gasteiger partial charge in [0, 0.05) is 6.54 Å². The Morgan fingerprint density at radius 1 is 1.35 bits per heavy atom. The number of thioether (sulfide) groups is 1. The molecule has 1 N–H and O–H groups in total. The molecule has 1 aromatic carbocycles. The van der Waals surface area contributed by atoms with Gasteiger partial charge in [-0.2, -0.15) is 0 Å². The molecule has 1 fully saturated rings. The predicted octanol–water partition coefficient (Wildman–Crippen LogP) is 2.17. The number of nitrogens with zero attached hydrogens (tertiary/aromatic N) is 1. The number of hydrogen-bond acceptors (Lipinski definition) is 5. The second-order valence-electron chi connectivity index (χ2n) is 4.71. The number of amides is 1. The maximum absolute atomic E-state index is 12.3. The van der Waals surface area contributed by atoms with Crippen molar-refractivity contribution in [1.29, 1.82) is 0 Å². The molecule has 0 bridgehead atoms. The number of alkyl halides is 3. The SMILES string of the molecule is O=C1CSC(c2cccc(OC(F)(F)F)c2)N1CCOCCO. The largest absolute Gasteiger partial charge is 0.573 e. The van der Waals surface area contributed by atoms with Crippen molar-refractivity contribution in [3.8, 4) is 5.75 Å². The molecule has 0 spiro atoms. The maximum atomic E-state index is 12.3. The van der Waals surface area contributed by atoms with E-state index in [0.29, 0.717) is 12.1 Å². The fourth-order valence-electron chi connectivity index (χ4n) is 2.17. The summed E-state index contributed by atoms with van der Waals surface area (Å²) in [4.78, 5) is 13.5. The van der Waals surface area contributed by atoms with Gasteiger partial charge in [-0.15, -0.1) is 24.9 Å². The van der Waals surface area contributed by atoms with Crippen molar-refractivity contribution in [1.82, 2.24) is 4.90 Å². The Bertz CT molecular complexity index is 541. The summed E-state index contributed by atoms with van der Waals surface area (Å²) in [5.74, 6) is -0.157. The van der Waals surface area contributed by atoms with Gasteiger partial charge in [0.25, 0.3) is 0 Å². The monoisotopic (exact) mass is 351 g/mol. The highest BCUT2D eigenvalue weighted by atomic mass is 32.2. The van der Waals surface area contributed by atoms with E-state index in [4.69, 9.17) is 9.84 Å². The minimum Gasteiger partial charge on any atom is -0.406 e. The molecule has 2 rings (SSSR count). The predicted molar refractivity (Wildman–Crippen MR) is 77.9 cm³/mol. The highest BCUT2D eigenvalue weighted by Crippen LogP contribution is 2.39. The highest BCUT2D eigenvalue weighted by Gasteiger charge is 2.34. The smallest absolute Gasteiger partial charge is 0.406 e. The van der Waals surface area contributed by atoms with E-state index in [1.54, 1.807) is 11.0 Å². The summed E-state index contributed by atoms with van der Waals surface area (Å²) in [5, 5.41) is 8.27. The van der Waals surface area contributed by atoms with Gasteiger partial charge in [-0.3, -0.25) is 4.79 Å². The summed E-state index contributed by atoms with van der Waals surface area (Å²) < 4.78 is 45.9. The van der Waals surface area contributed by atoms with E-state index in [1.165, 1.54) is 30.0 Å². The van der Waals surface area contributed by atoms with Gasteiger partial charge in [0.1, 0.15) is 11.1 Å². The third-order valence-corrected chi connectivity index (χ3v) is 4.31. The van der Waals surface area contributed by atoms with Crippen molar-refractivity contribution >= 4 is 17.7 Å². The quantitative estimate of drug-likeness (QED) is 0.763. The van der Waals surface area contributed by atoms with Crippen molar-refractivity contribution in [3.05, 3.63) is 29.8 Å². The van der Waals surface area contributed by atoms with Gasteiger partial charge in [0.05, 0.1) is 25.6 Å². The van der Waals surface area contributed by atoms with Crippen LogP contribution in [0, 0.1) is 0 Å². The van der Waals surface area contributed by atoms with Crippen molar-refractivity contribution in [2.24, 2.45) is 0 Å². The molecule has 0 aromatic heterocycles. The molecule has 1 aromatic rings. The van der Waals surface area contributed by atoms with E-state index in [9.17, 15) is 18.0 Å². The van der Waals surface area contributed by atoms with Crippen LogP contribution in [0.2, 0.25) is 0 Å². The van der Waals surface area contributed by atoms with Gasteiger partial charge in [0.15, 0.2) is 0 Å². The lowest BCUT2D eigenvalue weighted by molar-refractivity contribution is -0.274. The van der Waals surface area contributed by atoms with Crippen LogP contribution in [-0.4, -0.2) is 54.4 Å². The third kappa shape index (κ3) is 5.29. The van der Waals surface area contributed by atoms with Crippen LogP contribution in [0.15, 0.2) is 24.3 Å². The van der Waals surface area contributed by atoms with Crippen molar-refractivity contribution in [2.45, 2.75) is 11.7 Å². The normalized spacial score (nSPS) is 18.5. The Balaban J connectivity index is 2.06. The highest BCUT2D eigenvalue weighted by molar-refractivity contribution is 8.00. The second kappa shape index (κ2) is 7.89. The Hall–Kier alpha value is -1.45. The lowest BCUT2D eigenvalue weighted by atomic mass is 10.2. The van der Waals surface area contributed by atoms with Crippen molar-refractivity contribution < 1.29 is 32.5 Å². The van der Waals surface area contributed by atoms with Crippen LogP contribution in [0.5, 0.6) is 5.75 Å². The van der Waals surface area contributed by atoms with E-state index in [2.05, 4.69) is 4.74 Å². The molecule has 9 heteroatoms. The van der Waals surface area contributed by atoms with Gasteiger partial charge >= 0.3 is 6.36 Å². The van der Waals surface area contributed by atoms with Crippen molar-refractivity contribution in [2.75, 3.05) is 32.1 Å². The summed E-state index contributed by atoms with van der Waals surface area (Å²) in [5.41, 5.74) is 0.560. The first kappa shape index (κ1) is 17.9. The molecule has 5 nitrogen and oxygen atoms in total. The van der Waals surface area contributed by atoms with Crippen LogP contribution < -0.4 is 4.74 Å². The number of rotatable bonds is 7. The van der Waals surface area contributed by atoms with Gasteiger partial charge in [-0.25, -0.2) is 0 Å². The number of aliphatic hydroxyl groups excluding tert-OH is 1. The molecule has 0 radical (unpaired) electrons. The van der Waals surface area contributed by atoms with Crippen LogP contribution in [-0.2, 0) is 9.53 Å². The Labute approximate surface area is 135 Å². The first-order valence-electron chi connectivity index (χ1n) is 6.86. The van der Waals surface area contributed by atoms with E-state index < -0.39 is 6.36 Å². The zero-order chi connectivity index (χ0) is 16.9. The molecule has 128 valence electrons. The molecule has 1 amide bonds. The average molecular weight is 351 g/mol. The fourth-order valence-corrected chi connectivity index (χ4v) is 3.38. The summed E-state index contributed by atoms with van der Waals surface area (Å²) in [6.45, 7) is 0.626. The first-order valence-corrected chi connectivity index (χ1v) is 7.91. The minimum atomic E-state index is -4.75. The number of hydrogen-bond donors (Lipinski definition) is 1. The van der Waals surface area contributed by atoms with Gasteiger partial charge in [-0.05, 0) is 17.7 Å². The molecule has 1 heterocycles. The summed E-state index contributed by atoms with van der Waals surface area (Å²) in [7, 11) is 0. The van der Waals surface area contributed by atoms with E-state index >= 15 is 0 Å². The molecule has 0 aliphatic carbocycles. The van der Waals surface area contributed by atoms with Crippen molar-refractivity contribution in [3.63, 3.8) is 0 Å². The summed E-state index contributed by atoms with van der Waals surface area (Å²) in [6.07, 6.45) is -4.75. The number of halogens is 3. The molecule has 1 atom stereocenters. The average Bonchev–Trinajstić information content (AvgIpc) is 2.83. The maximum Gasteiger partial charge on any atom is 0.573 e. The van der Waals surface area contributed by atoms with Crippen LogP contribution in [0.4, 0.5) is 13.2 Å². The number of benzene rings is 1. The number of ether oxygens (including phenoxy) is 2. The fraction of sp³-hybridized carbons (Fsp3) is 0.500. The molecular weight excluding hydrogens is 335 g/mol. The summed E-state index contributed by atoms with van der Waals surface area (Å²) >= 11 is 1.34. The lowest BCUT2D eigenvalue weighted by Crippen LogP contribution is -2.31. The van der Waals surface area contributed by atoms with Crippen LogP contribution in [0.1, 0.15) is 10.9 Å². The molecular formula is C14H16F3NO4S. The van der Waals surface area contributed by atoms with E-state index in [-0.39, 0.29) is 42.6 Å². The van der Waals surface area contributed by atoms with Gasteiger partial charge in [0.2, 0.25) is 5.91 Å². The zero-order valence-corrected chi connectivity index (χ0v) is 12.9. The Morgan fingerprint density at radius 2 is 2.13 bits per heavy atom. The molecule has 0 saturated carbocycles. The minimum absolute atomic E-state index is 0.102. The van der Waals surface area contributed by atoms with Crippen LogP contribution in [0.25, 0.3) is 0 Å². The topological polar surface area (TPSA) is 59.0 Å². The Morgan fingerprint density at radius 3 is 2.83 bits per heavy atom. The summed E-state index contributed by atoms with van der Waals surface area (Å²) in [6, 6.07) is 5.61. The zero-order valence-electron chi connectivity index (χ0n) is 12.1. The molecule has 1 saturated heterocycles.